The summed E-state index contributed by atoms with van der Waals surface area (Å²) in [5.74, 6) is -0.110. The van der Waals surface area contributed by atoms with E-state index in [2.05, 4.69) is 15.3 Å². The summed E-state index contributed by atoms with van der Waals surface area (Å²) in [6.07, 6.45) is 2.01. The Balaban J connectivity index is 1.57. The fourth-order valence-electron chi connectivity index (χ4n) is 2.33. The van der Waals surface area contributed by atoms with Gasteiger partial charge in [0.25, 0.3) is 0 Å². The molecule has 0 fully saturated rings. The van der Waals surface area contributed by atoms with Gasteiger partial charge in [-0.3, -0.25) is 4.79 Å². The van der Waals surface area contributed by atoms with E-state index in [1.54, 1.807) is 6.07 Å². The first kappa shape index (κ1) is 14.7. The summed E-state index contributed by atoms with van der Waals surface area (Å²) in [6, 6.07) is 3.77. The molecule has 0 saturated carbocycles. The lowest BCUT2D eigenvalue weighted by Gasteiger charge is -2.09. The summed E-state index contributed by atoms with van der Waals surface area (Å²) in [7, 11) is -3.18. The number of amides is 1. The van der Waals surface area contributed by atoms with Crippen molar-refractivity contribution in [2.24, 2.45) is 0 Å². The van der Waals surface area contributed by atoms with Crippen LogP contribution in [0, 0.1) is 5.82 Å². The van der Waals surface area contributed by atoms with Crippen molar-refractivity contribution in [3.63, 3.8) is 0 Å². The summed E-state index contributed by atoms with van der Waals surface area (Å²) in [4.78, 5) is 19.0. The van der Waals surface area contributed by atoms with Gasteiger partial charge >= 0.3 is 0 Å². The first-order chi connectivity index (χ1) is 10.4. The Bertz CT molecular complexity index is 857. The van der Waals surface area contributed by atoms with E-state index in [1.807, 2.05) is 0 Å². The zero-order chi connectivity index (χ0) is 15.7. The van der Waals surface area contributed by atoms with Gasteiger partial charge in [0.2, 0.25) is 5.91 Å². The molecule has 1 aliphatic heterocycles. The highest BCUT2D eigenvalue weighted by atomic mass is 32.2. The Kier molecular flexibility index (Phi) is 3.69. The van der Waals surface area contributed by atoms with Crippen molar-refractivity contribution >= 4 is 26.8 Å². The van der Waals surface area contributed by atoms with Crippen LogP contribution in [-0.4, -0.2) is 36.1 Å². The molecule has 2 N–H and O–H groups in total. The number of carbonyl (C=O) groups excluding carboxylic acids is 1. The van der Waals surface area contributed by atoms with Gasteiger partial charge in [0.15, 0.2) is 9.84 Å². The second-order valence-corrected chi connectivity index (χ2v) is 7.11. The number of aromatic nitrogens is 2. The molecule has 116 valence electrons. The standard InChI is InChI=1S/C14H14FN3O3S/c15-9-1-2-11-12(7-9)18-13(17-11)3-4-14(19)16-10-5-6-22(20,21)8-10/h1-2,5-7,10H,3-4,8H2,(H,16,19)(H,17,18)/t10-/m1/s1. The average molecular weight is 323 g/mol. The van der Waals surface area contributed by atoms with Crippen LogP contribution in [0.4, 0.5) is 4.39 Å². The van der Waals surface area contributed by atoms with Crippen molar-refractivity contribution in [2.45, 2.75) is 18.9 Å². The number of H-pyrrole nitrogens is 1. The highest BCUT2D eigenvalue weighted by Gasteiger charge is 2.22. The van der Waals surface area contributed by atoms with Crippen LogP contribution in [0.2, 0.25) is 0 Å². The van der Waals surface area contributed by atoms with E-state index >= 15 is 0 Å². The van der Waals surface area contributed by atoms with E-state index in [-0.39, 0.29) is 23.9 Å². The molecule has 1 aliphatic rings. The number of sulfone groups is 1. The molecule has 3 rings (SSSR count). The molecule has 0 spiro atoms. The highest BCUT2D eigenvalue weighted by molar-refractivity contribution is 7.94. The normalized spacial score (nSPS) is 19.6. The second kappa shape index (κ2) is 5.53. The van der Waals surface area contributed by atoms with Crippen LogP contribution >= 0.6 is 0 Å². The van der Waals surface area contributed by atoms with Crippen LogP contribution in [0.15, 0.2) is 29.7 Å². The number of fused-ring (bicyclic) bond motifs is 1. The predicted molar refractivity (Wildman–Crippen MR) is 79.2 cm³/mol. The minimum absolute atomic E-state index is 0.0946. The largest absolute Gasteiger partial charge is 0.349 e. The minimum Gasteiger partial charge on any atom is -0.349 e. The topological polar surface area (TPSA) is 91.9 Å². The summed E-state index contributed by atoms with van der Waals surface area (Å²) >= 11 is 0. The van der Waals surface area contributed by atoms with Gasteiger partial charge in [0.1, 0.15) is 11.6 Å². The molecule has 0 unspecified atom stereocenters. The van der Waals surface area contributed by atoms with Gasteiger partial charge in [0, 0.05) is 18.2 Å². The third-order valence-corrected chi connectivity index (χ3v) is 4.75. The van der Waals surface area contributed by atoms with Crippen LogP contribution in [-0.2, 0) is 21.1 Å². The van der Waals surface area contributed by atoms with Gasteiger partial charge in [-0.15, -0.1) is 0 Å². The number of nitrogens with zero attached hydrogens (tertiary/aromatic N) is 1. The number of imidazole rings is 1. The van der Waals surface area contributed by atoms with Crippen LogP contribution < -0.4 is 5.32 Å². The molecule has 2 heterocycles. The van der Waals surface area contributed by atoms with Crippen molar-refractivity contribution in [2.75, 3.05) is 5.75 Å². The van der Waals surface area contributed by atoms with Crippen molar-refractivity contribution in [3.05, 3.63) is 41.3 Å². The summed E-state index contributed by atoms with van der Waals surface area (Å²) in [5.41, 5.74) is 1.22. The van der Waals surface area contributed by atoms with E-state index < -0.39 is 15.9 Å². The zero-order valence-corrected chi connectivity index (χ0v) is 12.4. The molecule has 1 aromatic carbocycles. The fraction of sp³-hybridized carbons (Fsp3) is 0.286. The first-order valence-electron chi connectivity index (χ1n) is 6.76. The Morgan fingerprint density at radius 2 is 2.27 bits per heavy atom. The van der Waals surface area contributed by atoms with Crippen molar-refractivity contribution < 1.29 is 17.6 Å². The molecular formula is C14H14FN3O3S. The van der Waals surface area contributed by atoms with Crippen LogP contribution in [0.25, 0.3) is 11.0 Å². The van der Waals surface area contributed by atoms with Gasteiger partial charge in [-0.1, -0.05) is 0 Å². The van der Waals surface area contributed by atoms with Crippen LogP contribution in [0.5, 0.6) is 0 Å². The van der Waals surface area contributed by atoms with Crippen LogP contribution in [0.3, 0.4) is 0 Å². The third kappa shape index (κ3) is 3.33. The molecule has 0 radical (unpaired) electrons. The molecular weight excluding hydrogens is 309 g/mol. The number of aromatic amines is 1. The van der Waals surface area contributed by atoms with Gasteiger partial charge < -0.3 is 10.3 Å². The Hall–Kier alpha value is -2.22. The fourth-order valence-corrected chi connectivity index (χ4v) is 3.56. The van der Waals surface area contributed by atoms with Gasteiger partial charge in [-0.05, 0) is 24.3 Å². The second-order valence-electron chi connectivity index (χ2n) is 5.18. The monoisotopic (exact) mass is 323 g/mol. The molecule has 1 amide bonds. The molecule has 8 heteroatoms. The lowest BCUT2D eigenvalue weighted by atomic mass is 10.2. The Morgan fingerprint density at radius 3 is 3.00 bits per heavy atom. The van der Waals surface area contributed by atoms with E-state index in [9.17, 15) is 17.6 Å². The zero-order valence-electron chi connectivity index (χ0n) is 11.5. The Labute approximate surface area is 126 Å². The van der Waals surface area contributed by atoms with Gasteiger partial charge in [0.05, 0.1) is 22.8 Å². The predicted octanol–water partition coefficient (Wildman–Crippen LogP) is 1.06. The van der Waals surface area contributed by atoms with E-state index in [0.717, 1.165) is 5.41 Å². The molecule has 2 aromatic rings. The molecule has 0 bridgehead atoms. The summed E-state index contributed by atoms with van der Waals surface area (Å²) < 4.78 is 35.6. The maximum atomic E-state index is 13.1. The molecule has 6 nitrogen and oxygen atoms in total. The van der Waals surface area contributed by atoms with E-state index in [4.69, 9.17) is 0 Å². The van der Waals surface area contributed by atoms with Crippen molar-refractivity contribution in [3.8, 4) is 0 Å². The smallest absolute Gasteiger partial charge is 0.220 e. The molecule has 1 atom stereocenters. The quantitative estimate of drug-likeness (QED) is 0.880. The summed E-state index contributed by atoms with van der Waals surface area (Å²) in [5, 5.41) is 3.76. The third-order valence-electron chi connectivity index (χ3n) is 3.36. The number of halogens is 1. The number of hydrogen-bond donors (Lipinski definition) is 2. The lowest BCUT2D eigenvalue weighted by Crippen LogP contribution is -2.35. The van der Waals surface area contributed by atoms with Gasteiger partial charge in [-0.25, -0.2) is 17.8 Å². The van der Waals surface area contributed by atoms with E-state index in [0.29, 0.717) is 23.3 Å². The number of rotatable bonds is 4. The number of hydrogen-bond acceptors (Lipinski definition) is 4. The molecule has 22 heavy (non-hydrogen) atoms. The average Bonchev–Trinajstić information content (AvgIpc) is 2.98. The van der Waals surface area contributed by atoms with Crippen molar-refractivity contribution in [1.29, 1.82) is 0 Å². The molecule has 0 aliphatic carbocycles. The maximum Gasteiger partial charge on any atom is 0.220 e. The lowest BCUT2D eigenvalue weighted by molar-refractivity contribution is -0.121. The van der Waals surface area contributed by atoms with Crippen molar-refractivity contribution in [1.82, 2.24) is 15.3 Å². The number of nitrogens with one attached hydrogen (secondary N) is 2. The molecule has 0 saturated heterocycles. The highest BCUT2D eigenvalue weighted by Crippen LogP contribution is 2.14. The first-order valence-corrected chi connectivity index (χ1v) is 8.47. The molecule has 1 aromatic heterocycles. The SMILES string of the molecule is O=C(CCc1nc2ccc(F)cc2[nH]1)N[C@@H]1C=CS(=O)(=O)C1. The maximum absolute atomic E-state index is 13.1. The summed E-state index contributed by atoms with van der Waals surface area (Å²) in [6.45, 7) is 0. The minimum atomic E-state index is -3.18. The number of carbonyl (C=O) groups is 1. The van der Waals surface area contributed by atoms with Gasteiger partial charge in [-0.2, -0.15) is 0 Å². The number of aryl methyl sites for hydroxylation is 1. The van der Waals surface area contributed by atoms with Crippen LogP contribution in [0.1, 0.15) is 12.2 Å². The number of benzene rings is 1. The van der Waals surface area contributed by atoms with E-state index in [1.165, 1.54) is 18.2 Å². The Morgan fingerprint density at radius 1 is 1.45 bits per heavy atom.